The molecule has 2 rings (SSSR count). The standard InChI is InChI=1S/C12H9F2NO3S/c1-17-9-3-2-7(4-10(9)18-12(13)14)11-15-5-8(6-16)19-11/h2-6,12H,1H3. The van der Waals surface area contributed by atoms with Gasteiger partial charge in [-0.3, -0.25) is 4.79 Å². The zero-order valence-corrected chi connectivity index (χ0v) is 10.6. The summed E-state index contributed by atoms with van der Waals surface area (Å²) in [5.74, 6) is 0.133. The smallest absolute Gasteiger partial charge is 0.387 e. The molecule has 0 spiro atoms. The maximum atomic E-state index is 12.3. The molecule has 1 aromatic heterocycles. The number of benzene rings is 1. The predicted molar refractivity (Wildman–Crippen MR) is 66.1 cm³/mol. The van der Waals surface area contributed by atoms with Gasteiger partial charge in [-0.2, -0.15) is 8.78 Å². The van der Waals surface area contributed by atoms with E-state index in [9.17, 15) is 13.6 Å². The number of carbonyl (C=O) groups is 1. The minimum absolute atomic E-state index is 0.0714. The van der Waals surface area contributed by atoms with Gasteiger partial charge in [0, 0.05) is 11.8 Å². The Kier molecular flexibility index (Phi) is 4.06. The summed E-state index contributed by atoms with van der Waals surface area (Å²) in [4.78, 5) is 15.1. The molecule has 19 heavy (non-hydrogen) atoms. The SMILES string of the molecule is COc1ccc(-c2ncc(C=O)s2)cc1OC(F)F. The average molecular weight is 285 g/mol. The highest BCUT2D eigenvalue weighted by Crippen LogP contribution is 2.34. The summed E-state index contributed by atoms with van der Waals surface area (Å²) < 4.78 is 33.9. The van der Waals surface area contributed by atoms with Crippen LogP contribution in [-0.2, 0) is 0 Å². The van der Waals surface area contributed by atoms with Gasteiger partial charge in [-0.15, -0.1) is 11.3 Å². The first kappa shape index (κ1) is 13.4. The molecule has 7 heteroatoms. The van der Waals surface area contributed by atoms with Crippen molar-refractivity contribution in [1.82, 2.24) is 4.98 Å². The van der Waals surface area contributed by atoms with Crippen molar-refractivity contribution < 1.29 is 23.0 Å². The van der Waals surface area contributed by atoms with Crippen LogP contribution >= 0.6 is 11.3 Å². The monoisotopic (exact) mass is 285 g/mol. The highest BCUT2D eigenvalue weighted by Gasteiger charge is 2.13. The summed E-state index contributed by atoms with van der Waals surface area (Å²) in [7, 11) is 1.36. The summed E-state index contributed by atoms with van der Waals surface area (Å²) in [5.41, 5.74) is 0.578. The number of nitrogens with zero attached hydrogens (tertiary/aromatic N) is 1. The molecule has 0 bridgehead atoms. The Labute approximate surface area is 111 Å². The minimum atomic E-state index is -2.94. The van der Waals surface area contributed by atoms with Crippen molar-refractivity contribution in [2.75, 3.05) is 7.11 Å². The number of aromatic nitrogens is 1. The topological polar surface area (TPSA) is 48.4 Å². The lowest BCUT2D eigenvalue weighted by atomic mass is 10.2. The van der Waals surface area contributed by atoms with E-state index in [4.69, 9.17) is 4.74 Å². The molecule has 0 unspecified atom stereocenters. The lowest BCUT2D eigenvalue weighted by molar-refractivity contribution is -0.0511. The first-order chi connectivity index (χ1) is 9.13. The molecule has 4 nitrogen and oxygen atoms in total. The molecule has 0 aliphatic rings. The second-order valence-corrected chi connectivity index (χ2v) is 4.49. The van der Waals surface area contributed by atoms with Crippen LogP contribution in [0.1, 0.15) is 9.67 Å². The van der Waals surface area contributed by atoms with E-state index >= 15 is 0 Å². The fourth-order valence-electron chi connectivity index (χ4n) is 1.47. The number of halogens is 2. The van der Waals surface area contributed by atoms with Gasteiger partial charge in [0.15, 0.2) is 17.8 Å². The Hall–Kier alpha value is -2.02. The Morgan fingerprint density at radius 1 is 1.37 bits per heavy atom. The molecule has 100 valence electrons. The average Bonchev–Trinajstić information content (AvgIpc) is 2.86. The number of carbonyl (C=O) groups excluding carboxylic acids is 1. The van der Waals surface area contributed by atoms with E-state index in [0.717, 1.165) is 11.3 Å². The lowest BCUT2D eigenvalue weighted by Crippen LogP contribution is -2.03. The number of methoxy groups -OCH3 is 1. The van der Waals surface area contributed by atoms with Crippen molar-refractivity contribution in [2.45, 2.75) is 6.61 Å². The molecule has 0 radical (unpaired) electrons. The fourth-order valence-corrected chi connectivity index (χ4v) is 2.20. The van der Waals surface area contributed by atoms with Gasteiger partial charge in [0.2, 0.25) is 0 Å². The van der Waals surface area contributed by atoms with Crippen LogP contribution in [0.25, 0.3) is 10.6 Å². The van der Waals surface area contributed by atoms with E-state index in [2.05, 4.69) is 9.72 Å². The second kappa shape index (κ2) is 5.75. The molecule has 1 aromatic carbocycles. The largest absolute Gasteiger partial charge is 0.493 e. The van der Waals surface area contributed by atoms with Gasteiger partial charge in [0.05, 0.1) is 12.0 Å². The van der Waals surface area contributed by atoms with Gasteiger partial charge in [-0.05, 0) is 18.2 Å². The van der Waals surface area contributed by atoms with Gasteiger partial charge in [-0.1, -0.05) is 0 Å². The zero-order chi connectivity index (χ0) is 13.8. The summed E-state index contributed by atoms with van der Waals surface area (Å²) in [6, 6.07) is 4.57. The third kappa shape index (κ3) is 3.05. The molecule has 0 N–H and O–H groups in total. The van der Waals surface area contributed by atoms with Crippen molar-refractivity contribution in [3.8, 4) is 22.1 Å². The third-order valence-corrected chi connectivity index (χ3v) is 3.24. The maximum Gasteiger partial charge on any atom is 0.387 e. The number of ether oxygens (including phenoxy) is 2. The second-order valence-electron chi connectivity index (χ2n) is 3.43. The van der Waals surface area contributed by atoms with Crippen LogP contribution in [0.4, 0.5) is 8.78 Å². The van der Waals surface area contributed by atoms with Crippen molar-refractivity contribution >= 4 is 17.6 Å². The highest BCUT2D eigenvalue weighted by atomic mass is 32.1. The van der Waals surface area contributed by atoms with Crippen molar-refractivity contribution in [2.24, 2.45) is 0 Å². The van der Waals surface area contributed by atoms with Crippen LogP contribution in [0.2, 0.25) is 0 Å². The molecule has 0 saturated heterocycles. The van der Waals surface area contributed by atoms with Crippen LogP contribution in [0.5, 0.6) is 11.5 Å². The van der Waals surface area contributed by atoms with Gasteiger partial charge in [-0.25, -0.2) is 4.98 Å². The van der Waals surface area contributed by atoms with E-state index in [1.54, 1.807) is 6.07 Å². The molecular weight excluding hydrogens is 276 g/mol. The Balaban J connectivity index is 2.38. The maximum absolute atomic E-state index is 12.3. The normalized spacial score (nSPS) is 10.5. The van der Waals surface area contributed by atoms with Crippen LogP contribution in [0.3, 0.4) is 0 Å². The van der Waals surface area contributed by atoms with E-state index in [1.807, 2.05) is 0 Å². The summed E-state index contributed by atoms with van der Waals surface area (Å²) in [6.45, 7) is -2.94. The lowest BCUT2D eigenvalue weighted by Gasteiger charge is -2.10. The van der Waals surface area contributed by atoms with Crippen molar-refractivity contribution in [1.29, 1.82) is 0 Å². The number of hydrogen-bond acceptors (Lipinski definition) is 5. The van der Waals surface area contributed by atoms with Gasteiger partial charge in [0.25, 0.3) is 0 Å². The Morgan fingerprint density at radius 3 is 2.74 bits per heavy atom. The zero-order valence-electron chi connectivity index (χ0n) is 9.80. The molecular formula is C12H9F2NO3S. The highest BCUT2D eigenvalue weighted by molar-refractivity contribution is 7.16. The number of alkyl halides is 2. The molecule has 0 saturated carbocycles. The van der Waals surface area contributed by atoms with Crippen LogP contribution in [0.15, 0.2) is 24.4 Å². The first-order valence-electron chi connectivity index (χ1n) is 5.18. The quantitative estimate of drug-likeness (QED) is 0.791. The molecule has 1 heterocycles. The van der Waals surface area contributed by atoms with Gasteiger partial charge < -0.3 is 9.47 Å². The molecule has 0 aliphatic carbocycles. The summed E-state index contributed by atoms with van der Waals surface area (Å²) in [6.07, 6.45) is 2.10. The van der Waals surface area contributed by atoms with E-state index in [1.165, 1.54) is 25.4 Å². The molecule has 0 aliphatic heterocycles. The Morgan fingerprint density at radius 2 is 2.16 bits per heavy atom. The summed E-state index contributed by atoms with van der Waals surface area (Å²) >= 11 is 1.16. The summed E-state index contributed by atoms with van der Waals surface area (Å²) in [5, 5.41) is 0.545. The third-order valence-electron chi connectivity index (χ3n) is 2.27. The number of thiazole rings is 1. The number of rotatable bonds is 5. The Bertz CT molecular complexity index is 586. The number of hydrogen-bond donors (Lipinski definition) is 0. The fraction of sp³-hybridized carbons (Fsp3) is 0.167. The number of aldehydes is 1. The molecule has 2 aromatic rings. The van der Waals surface area contributed by atoms with E-state index in [0.29, 0.717) is 21.7 Å². The van der Waals surface area contributed by atoms with Crippen molar-refractivity contribution in [3.63, 3.8) is 0 Å². The van der Waals surface area contributed by atoms with Crippen molar-refractivity contribution in [3.05, 3.63) is 29.3 Å². The van der Waals surface area contributed by atoms with Crippen LogP contribution in [0, 0.1) is 0 Å². The van der Waals surface area contributed by atoms with E-state index < -0.39 is 6.61 Å². The first-order valence-corrected chi connectivity index (χ1v) is 6.00. The van der Waals surface area contributed by atoms with Gasteiger partial charge in [0.1, 0.15) is 5.01 Å². The molecule has 0 fully saturated rings. The molecule has 0 atom stereocenters. The predicted octanol–water partition coefficient (Wildman–Crippen LogP) is 3.23. The van der Waals surface area contributed by atoms with Gasteiger partial charge >= 0.3 is 6.61 Å². The van der Waals surface area contributed by atoms with Crippen LogP contribution in [-0.4, -0.2) is 25.0 Å². The van der Waals surface area contributed by atoms with Crippen LogP contribution < -0.4 is 9.47 Å². The minimum Gasteiger partial charge on any atom is -0.493 e. The molecule has 0 amide bonds. The van der Waals surface area contributed by atoms with E-state index in [-0.39, 0.29) is 11.5 Å².